The smallest absolute Gasteiger partial charge is 0.104 e. The highest BCUT2D eigenvalue weighted by molar-refractivity contribution is 7.99. The van der Waals surface area contributed by atoms with E-state index in [1.807, 2.05) is 23.9 Å². The lowest BCUT2D eigenvalue weighted by Crippen LogP contribution is -1.84. The molecule has 0 N–H and O–H groups in total. The SMILES string of the molecule is CCSCCc1ccco1. The molecule has 0 aliphatic rings. The Balaban J connectivity index is 2.15. The van der Waals surface area contributed by atoms with Crippen LogP contribution in [-0.2, 0) is 6.42 Å². The Hall–Kier alpha value is -0.370. The minimum atomic E-state index is 1.06. The summed E-state index contributed by atoms with van der Waals surface area (Å²) in [6, 6.07) is 3.96. The van der Waals surface area contributed by atoms with Gasteiger partial charge in [0.15, 0.2) is 0 Å². The molecule has 0 atom stereocenters. The fourth-order valence-electron chi connectivity index (χ4n) is 0.772. The Morgan fingerprint density at radius 2 is 2.50 bits per heavy atom. The molecule has 1 aromatic heterocycles. The van der Waals surface area contributed by atoms with Gasteiger partial charge in [0.25, 0.3) is 0 Å². The normalized spacial score (nSPS) is 10.1. The van der Waals surface area contributed by atoms with E-state index in [0.29, 0.717) is 0 Å². The summed E-state index contributed by atoms with van der Waals surface area (Å²) in [5, 5.41) is 0. The number of hydrogen-bond acceptors (Lipinski definition) is 2. The molecule has 0 saturated carbocycles. The van der Waals surface area contributed by atoms with E-state index in [9.17, 15) is 0 Å². The van der Waals surface area contributed by atoms with Gasteiger partial charge in [-0.05, 0) is 17.9 Å². The molecule has 56 valence electrons. The van der Waals surface area contributed by atoms with Crippen molar-refractivity contribution >= 4 is 11.8 Å². The van der Waals surface area contributed by atoms with Crippen molar-refractivity contribution in [2.45, 2.75) is 13.3 Å². The van der Waals surface area contributed by atoms with Crippen LogP contribution in [0.3, 0.4) is 0 Å². The third kappa shape index (κ3) is 2.48. The summed E-state index contributed by atoms with van der Waals surface area (Å²) in [6.45, 7) is 2.17. The van der Waals surface area contributed by atoms with Crippen LogP contribution in [0.5, 0.6) is 0 Å². The lowest BCUT2D eigenvalue weighted by atomic mass is 10.4. The van der Waals surface area contributed by atoms with Crippen LogP contribution in [0.1, 0.15) is 12.7 Å². The second-order valence-corrected chi connectivity index (χ2v) is 3.42. The maximum absolute atomic E-state index is 5.17. The van der Waals surface area contributed by atoms with Gasteiger partial charge >= 0.3 is 0 Å². The number of rotatable bonds is 4. The Morgan fingerprint density at radius 1 is 1.60 bits per heavy atom. The van der Waals surface area contributed by atoms with E-state index in [1.54, 1.807) is 6.26 Å². The van der Waals surface area contributed by atoms with Gasteiger partial charge in [-0.15, -0.1) is 0 Å². The molecule has 10 heavy (non-hydrogen) atoms. The molecule has 0 bridgehead atoms. The first-order valence-corrected chi connectivity index (χ1v) is 4.69. The van der Waals surface area contributed by atoms with Gasteiger partial charge < -0.3 is 4.42 Å². The van der Waals surface area contributed by atoms with E-state index >= 15 is 0 Å². The lowest BCUT2D eigenvalue weighted by Gasteiger charge is -1.93. The van der Waals surface area contributed by atoms with Crippen LogP contribution in [0.4, 0.5) is 0 Å². The van der Waals surface area contributed by atoms with Crippen LogP contribution in [0.25, 0.3) is 0 Å². The van der Waals surface area contributed by atoms with E-state index in [4.69, 9.17) is 4.42 Å². The maximum Gasteiger partial charge on any atom is 0.104 e. The summed E-state index contributed by atoms with van der Waals surface area (Å²) in [5.41, 5.74) is 0. The zero-order valence-corrected chi connectivity index (χ0v) is 6.99. The molecule has 0 aromatic carbocycles. The Bertz CT molecular complexity index is 158. The van der Waals surface area contributed by atoms with E-state index in [1.165, 1.54) is 11.5 Å². The lowest BCUT2D eigenvalue weighted by molar-refractivity contribution is 0.517. The van der Waals surface area contributed by atoms with E-state index in [0.717, 1.165) is 12.2 Å². The zero-order valence-electron chi connectivity index (χ0n) is 6.17. The first kappa shape index (κ1) is 7.73. The van der Waals surface area contributed by atoms with Crippen molar-refractivity contribution in [1.82, 2.24) is 0 Å². The monoisotopic (exact) mass is 156 g/mol. The fourth-order valence-corrected chi connectivity index (χ4v) is 1.41. The van der Waals surface area contributed by atoms with Crippen molar-refractivity contribution < 1.29 is 4.42 Å². The maximum atomic E-state index is 5.17. The molecule has 0 radical (unpaired) electrons. The quantitative estimate of drug-likeness (QED) is 0.621. The van der Waals surface area contributed by atoms with Gasteiger partial charge in [-0.3, -0.25) is 0 Å². The van der Waals surface area contributed by atoms with Gasteiger partial charge in [-0.2, -0.15) is 11.8 Å². The molecule has 0 aliphatic heterocycles. The number of thioether (sulfide) groups is 1. The Morgan fingerprint density at radius 3 is 3.10 bits per heavy atom. The van der Waals surface area contributed by atoms with Crippen LogP contribution < -0.4 is 0 Å². The molecule has 0 aliphatic carbocycles. The zero-order chi connectivity index (χ0) is 7.23. The fraction of sp³-hybridized carbons (Fsp3) is 0.500. The predicted octanol–water partition coefficient (Wildman–Crippen LogP) is 2.58. The molecule has 1 nitrogen and oxygen atoms in total. The van der Waals surface area contributed by atoms with Crippen molar-refractivity contribution in [1.29, 1.82) is 0 Å². The van der Waals surface area contributed by atoms with Crippen LogP contribution >= 0.6 is 11.8 Å². The molecule has 1 rings (SSSR count). The average molecular weight is 156 g/mol. The van der Waals surface area contributed by atoms with Crippen LogP contribution in [-0.4, -0.2) is 11.5 Å². The number of aryl methyl sites for hydroxylation is 1. The second kappa shape index (κ2) is 4.45. The summed E-state index contributed by atoms with van der Waals surface area (Å²) in [6.07, 6.45) is 2.79. The van der Waals surface area contributed by atoms with Gasteiger partial charge in [0, 0.05) is 12.2 Å². The number of furan rings is 1. The van der Waals surface area contributed by atoms with Crippen molar-refractivity contribution in [3.05, 3.63) is 24.2 Å². The molecule has 1 heterocycles. The summed E-state index contributed by atoms with van der Waals surface area (Å²) in [5.74, 6) is 3.46. The van der Waals surface area contributed by atoms with Crippen LogP contribution in [0.2, 0.25) is 0 Å². The van der Waals surface area contributed by atoms with Gasteiger partial charge in [-0.25, -0.2) is 0 Å². The van der Waals surface area contributed by atoms with E-state index < -0.39 is 0 Å². The van der Waals surface area contributed by atoms with Gasteiger partial charge in [0.2, 0.25) is 0 Å². The first-order valence-electron chi connectivity index (χ1n) is 3.53. The summed E-state index contributed by atoms with van der Waals surface area (Å²) >= 11 is 1.95. The van der Waals surface area contributed by atoms with E-state index in [-0.39, 0.29) is 0 Å². The van der Waals surface area contributed by atoms with Gasteiger partial charge in [-0.1, -0.05) is 6.92 Å². The molecule has 0 spiro atoms. The molecule has 0 saturated heterocycles. The molecule has 0 unspecified atom stereocenters. The average Bonchev–Trinajstić information content (AvgIpc) is 2.41. The third-order valence-electron chi connectivity index (χ3n) is 1.28. The summed E-state index contributed by atoms with van der Waals surface area (Å²) < 4.78 is 5.17. The standard InChI is InChI=1S/C8H12OS/c1-2-10-7-5-8-4-3-6-9-8/h3-4,6H,2,5,7H2,1H3. The van der Waals surface area contributed by atoms with Crippen molar-refractivity contribution in [2.75, 3.05) is 11.5 Å². The third-order valence-corrected chi connectivity index (χ3v) is 2.18. The van der Waals surface area contributed by atoms with Crippen molar-refractivity contribution in [2.24, 2.45) is 0 Å². The Kier molecular flexibility index (Phi) is 3.44. The second-order valence-electron chi connectivity index (χ2n) is 2.03. The molecule has 2 heteroatoms. The van der Waals surface area contributed by atoms with Crippen molar-refractivity contribution in [3.63, 3.8) is 0 Å². The highest BCUT2D eigenvalue weighted by Crippen LogP contribution is 2.06. The molecular formula is C8H12OS. The van der Waals surface area contributed by atoms with Crippen LogP contribution in [0, 0.1) is 0 Å². The van der Waals surface area contributed by atoms with Crippen molar-refractivity contribution in [3.8, 4) is 0 Å². The molecule has 1 aromatic rings. The predicted molar refractivity (Wildman–Crippen MR) is 45.4 cm³/mol. The molecule has 0 fully saturated rings. The Labute approximate surface area is 65.8 Å². The molecular weight excluding hydrogens is 144 g/mol. The molecule has 0 amide bonds. The van der Waals surface area contributed by atoms with Gasteiger partial charge in [0.1, 0.15) is 5.76 Å². The van der Waals surface area contributed by atoms with Crippen LogP contribution in [0.15, 0.2) is 22.8 Å². The number of hydrogen-bond donors (Lipinski definition) is 0. The minimum absolute atomic E-state index is 1.06. The summed E-state index contributed by atoms with van der Waals surface area (Å²) in [7, 11) is 0. The highest BCUT2D eigenvalue weighted by atomic mass is 32.2. The topological polar surface area (TPSA) is 13.1 Å². The summed E-state index contributed by atoms with van der Waals surface area (Å²) in [4.78, 5) is 0. The van der Waals surface area contributed by atoms with E-state index in [2.05, 4.69) is 6.92 Å². The largest absolute Gasteiger partial charge is 0.469 e. The van der Waals surface area contributed by atoms with Gasteiger partial charge in [0.05, 0.1) is 6.26 Å². The first-order chi connectivity index (χ1) is 4.93. The highest BCUT2D eigenvalue weighted by Gasteiger charge is 1.93. The minimum Gasteiger partial charge on any atom is -0.469 e.